The molecule has 1 spiro atoms. The molecule has 0 bridgehead atoms. The molecule has 148 valence electrons. The van der Waals surface area contributed by atoms with Gasteiger partial charge in [0, 0.05) is 17.0 Å². The number of sulfone groups is 1. The summed E-state index contributed by atoms with van der Waals surface area (Å²) in [6.45, 7) is 2.45. The summed E-state index contributed by atoms with van der Waals surface area (Å²) >= 11 is 5.72. The minimum Gasteiger partial charge on any atom is -0.463 e. The third-order valence-electron chi connectivity index (χ3n) is 4.57. The number of hydrogen-bond acceptors (Lipinski definition) is 6. The van der Waals surface area contributed by atoms with E-state index in [1.807, 2.05) is 0 Å². The molecule has 0 radical (unpaired) electrons. The number of hydrogen-bond donors (Lipinski definition) is 0. The van der Waals surface area contributed by atoms with Crippen molar-refractivity contribution in [2.45, 2.75) is 36.6 Å². The highest BCUT2D eigenvalue weighted by Crippen LogP contribution is 2.38. The Bertz CT molecular complexity index is 861. The van der Waals surface area contributed by atoms with Crippen molar-refractivity contribution in [3.05, 3.63) is 46.3 Å². The molecule has 1 aliphatic carbocycles. The summed E-state index contributed by atoms with van der Waals surface area (Å²) in [5.74, 6) is -3.09. The molecule has 27 heavy (non-hydrogen) atoms. The predicted molar refractivity (Wildman–Crippen MR) is 96.4 cm³/mol. The minimum absolute atomic E-state index is 0.00346. The summed E-state index contributed by atoms with van der Waals surface area (Å²) in [5.41, 5.74) is -0.0318. The van der Waals surface area contributed by atoms with Crippen LogP contribution >= 0.6 is 11.6 Å². The van der Waals surface area contributed by atoms with Crippen molar-refractivity contribution in [3.63, 3.8) is 0 Å². The van der Waals surface area contributed by atoms with Crippen LogP contribution in [0.2, 0.25) is 5.02 Å². The standard InChI is InChI=1S/C18H20ClFO6S/c1-2-24-17(21)14-10-18(25-7-8-26-18)6-5-16(14)27(22,23)11-12-3-4-13(19)9-15(12)20/h3-4,9-10,16H,2,5-8,11H2,1H3. The number of carbonyl (C=O) groups excluding carboxylic acids is 1. The second-order valence-electron chi connectivity index (χ2n) is 6.40. The van der Waals surface area contributed by atoms with Gasteiger partial charge in [0.25, 0.3) is 0 Å². The quantitative estimate of drug-likeness (QED) is 0.684. The molecule has 1 saturated heterocycles. The van der Waals surface area contributed by atoms with Gasteiger partial charge in [-0.25, -0.2) is 17.6 Å². The largest absolute Gasteiger partial charge is 0.463 e. The van der Waals surface area contributed by atoms with E-state index in [1.54, 1.807) is 6.92 Å². The van der Waals surface area contributed by atoms with Crippen LogP contribution in [0.25, 0.3) is 0 Å². The van der Waals surface area contributed by atoms with Gasteiger partial charge in [-0.2, -0.15) is 0 Å². The summed E-state index contributed by atoms with van der Waals surface area (Å²) in [7, 11) is -3.89. The fourth-order valence-corrected chi connectivity index (χ4v) is 5.38. The molecule has 9 heteroatoms. The Morgan fingerprint density at radius 1 is 1.37 bits per heavy atom. The molecule has 1 atom stereocenters. The van der Waals surface area contributed by atoms with Crippen LogP contribution in [0.3, 0.4) is 0 Å². The topological polar surface area (TPSA) is 78.9 Å². The summed E-state index contributed by atoms with van der Waals surface area (Å²) in [6, 6.07) is 3.81. The van der Waals surface area contributed by atoms with Gasteiger partial charge in [-0.3, -0.25) is 0 Å². The van der Waals surface area contributed by atoms with E-state index in [4.69, 9.17) is 25.8 Å². The zero-order valence-corrected chi connectivity index (χ0v) is 16.3. The van der Waals surface area contributed by atoms with E-state index in [1.165, 1.54) is 18.2 Å². The fourth-order valence-electron chi connectivity index (χ4n) is 3.32. The predicted octanol–water partition coefficient (Wildman–Crippen LogP) is 2.79. The van der Waals surface area contributed by atoms with Gasteiger partial charge in [-0.15, -0.1) is 0 Å². The minimum atomic E-state index is -3.89. The van der Waals surface area contributed by atoms with E-state index >= 15 is 0 Å². The fraction of sp³-hybridized carbons (Fsp3) is 0.500. The van der Waals surface area contributed by atoms with Gasteiger partial charge in [-0.1, -0.05) is 17.7 Å². The molecule has 1 aromatic rings. The van der Waals surface area contributed by atoms with Crippen LogP contribution in [-0.2, 0) is 34.6 Å². The third kappa shape index (κ3) is 4.34. The maximum absolute atomic E-state index is 14.1. The highest BCUT2D eigenvalue weighted by Gasteiger charge is 2.46. The Morgan fingerprint density at radius 3 is 2.70 bits per heavy atom. The second kappa shape index (κ2) is 7.87. The van der Waals surface area contributed by atoms with Crippen LogP contribution in [0.1, 0.15) is 25.3 Å². The zero-order valence-electron chi connectivity index (χ0n) is 14.7. The summed E-state index contributed by atoms with van der Waals surface area (Å²) in [6.07, 6.45) is 1.80. The first kappa shape index (κ1) is 20.3. The third-order valence-corrected chi connectivity index (χ3v) is 6.87. The molecular formula is C18H20ClFO6S. The smallest absolute Gasteiger partial charge is 0.335 e. The molecule has 2 aliphatic rings. The lowest BCUT2D eigenvalue weighted by Gasteiger charge is -2.33. The first-order valence-electron chi connectivity index (χ1n) is 8.59. The van der Waals surface area contributed by atoms with Gasteiger partial charge in [-0.05, 0) is 31.6 Å². The Morgan fingerprint density at radius 2 is 2.07 bits per heavy atom. The summed E-state index contributed by atoms with van der Waals surface area (Å²) < 4.78 is 56.2. The van der Waals surface area contributed by atoms with Crippen LogP contribution in [0.5, 0.6) is 0 Å². The molecule has 3 rings (SSSR count). The van der Waals surface area contributed by atoms with E-state index < -0.39 is 38.4 Å². The van der Waals surface area contributed by atoms with Crippen molar-refractivity contribution in [1.82, 2.24) is 0 Å². The van der Waals surface area contributed by atoms with Gasteiger partial charge in [0.1, 0.15) is 5.82 Å². The van der Waals surface area contributed by atoms with Crippen molar-refractivity contribution in [1.29, 1.82) is 0 Å². The summed E-state index contributed by atoms with van der Waals surface area (Å²) in [4.78, 5) is 12.4. The van der Waals surface area contributed by atoms with E-state index in [0.717, 1.165) is 6.07 Å². The first-order valence-corrected chi connectivity index (χ1v) is 10.7. The average Bonchev–Trinajstić information content (AvgIpc) is 3.05. The normalized spacial score (nSPS) is 21.9. The van der Waals surface area contributed by atoms with Crippen LogP contribution in [0.4, 0.5) is 4.39 Å². The monoisotopic (exact) mass is 418 g/mol. The number of ether oxygens (including phenoxy) is 3. The molecule has 0 saturated carbocycles. The SMILES string of the molecule is CCOC(=O)C1=CC2(CCC1S(=O)(=O)Cc1ccc(Cl)cc1F)OCCO2. The Hall–Kier alpha value is -1.48. The van der Waals surface area contributed by atoms with Crippen molar-refractivity contribution in [2.24, 2.45) is 0 Å². The van der Waals surface area contributed by atoms with Crippen molar-refractivity contribution < 1.29 is 31.8 Å². The number of benzene rings is 1. The molecule has 1 heterocycles. The zero-order chi connectivity index (χ0) is 19.7. The Labute approximate surface area is 162 Å². The van der Waals surface area contributed by atoms with Gasteiger partial charge in [0.2, 0.25) is 0 Å². The van der Waals surface area contributed by atoms with Gasteiger partial charge in [0.05, 0.1) is 36.4 Å². The lowest BCUT2D eigenvalue weighted by molar-refractivity contribution is -0.143. The summed E-state index contributed by atoms with van der Waals surface area (Å²) in [5, 5.41) is -0.944. The van der Waals surface area contributed by atoms with Gasteiger partial charge < -0.3 is 14.2 Å². The van der Waals surface area contributed by atoms with Crippen LogP contribution in [0.15, 0.2) is 29.8 Å². The molecule has 6 nitrogen and oxygen atoms in total. The van der Waals surface area contributed by atoms with Crippen molar-refractivity contribution in [3.8, 4) is 0 Å². The van der Waals surface area contributed by atoms with Crippen molar-refractivity contribution in [2.75, 3.05) is 19.8 Å². The number of carbonyl (C=O) groups is 1. The molecule has 0 N–H and O–H groups in total. The second-order valence-corrected chi connectivity index (χ2v) is 9.02. The average molecular weight is 419 g/mol. The molecule has 0 aromatic heterocycles. The Balaban J connectivity index is 1.93. The highest BCUT2D eigenvalue weighted by molar-refractivity contribution is 7.91. The first-order chi connectivity index (χ1) is 12.8. The maximum Gasteiger partial charge on any atom is 0.335 e. The molecule has 1 unspecified atom stereocenters. The van der Waals surface area contributed by atoms with Crippen LogP contribution in [0, 0.1) is 5.82 Å². The van der Waals surface area contributed by atoms with E-state index in [2.05, 4.69) is 0 Å². The number of rotatable bonds is 5. The van der Waals surface area contributed by atoms with Gasteiger partial charge in [0.15, 0.2) is 15.6 Å². The molecule has 1 aromatic carbocycles. The maximum atomic E-state index is 14.1. The van der Waals surface area contributed by atoms with Crippen LogP contribution < -0.4 is 0 Å². The van der Waals surface area contributed by atoms with E-state index in [-0.39, 0.29) is 35.6 Å². The lowest BCUT2D eigenvalue weighted by atomic mass is 9.94. The number of halogens is 2. The molecule has 1 fully saturated rings. The molecule has 1 aliphatic heterocycles. The van der Waals surface area contributed by atoms with Crippen molar-refractivity contribution >= 4 is 27.4 Å². The van der Waals surface area contributed by atoms with Gasteiger partial charge >= 0.3 is 5.97 Å². The number of esters is 1. The molecular weight excluding hydrogens is 399 g/mol. The van der Waals surface area contributed by atoms with Crippen LogP contribution in [-0.4, -0.2) is 45.2 Å². The van der Waals surface area contributed by atoms with E-state index in [9.17, 15) is 17.6 Å². The lowest BCUT2D eigenvalue weighted by Crippen LogP contribution is -2.41. The Kier molecular flexibility index (Phi) is 5.90. The molecule has 0 amide bonds. The highest BCUT2D eigenvalue weighted by atomic mass is 35.5. The van der Waals surface area contributed by atoms with E-state index in [0.29, 0.717) is 13.2 Å².